The Morgan fingerprint density at radius 1 is 1.00 bits per heavy atom. The van der Waals surface area contributed by atoms with Gasteiger partial charge in [-0.05, 0) is 24.6 Å². The highest BCUT2D eigenvalue weighted by molar-refractivity contribution is 5.85. The summed E-state index contributed by atoms with van der Waals surface area (Å²) in [5, 5.41) is 0. The molecule has 1 saturated heterocycles. The van der Waals surface area contributed by atoms with E-state index in [0.717, 1.165) is 44.2 Å². The number of hydrogen-bond acceptors (Lipinski definition) is 4. The number of Topliss-reactive ketones (excluding diaryl/α,β-unsaturated/α-hetero) is 1. The molecule has 1 aliphatic heterocycles. The fourth-order valence-corrected chi connectivity index (χ4v) is 3.03. The van der Waals surface area contributed by atoms with Crippen molar-refractivity contribution in [2.45, 2.75) is 19.9 Å². The largest absolute Gasteiger partial charge is 0.466 e. The highest BCUT2D eigenvalue weighted by Crippen LogP contribution is 2.10. The van der Waals surface area contributed by atoms with E-state index < -0.39 is 0 Å². The lowest BCUT2D eigenvalue weighted by Crippen LogP contribution is -2.47. The minimum absolute atomic E-state index is 0. The molecule has 0 N–H and O–H groups in total. The van der Waals surface area contributed by atoms with Crippen molar-refractivity contribution in [3.8, 4) is 0 Å². The smallest absolute Gasteiger partial charge is 0.154 e. The molecule has 130 valence electrons. The van der Waals surface area contributed by atoms with Crippen LogP contribution in [0.5, 0.6) is 0 Å². The quantitative estimate of drug-likeness (QED) is 0.804. The zero-order valence-electron chi connectivity index (χ0n) is 14.1. The summed E-state index contributed by atoms with van der Waals surface area (Å²) in [5.41, 5.74) is 1.35. The molecule has 0 amide bonds. The molecule has 1 aromatic carbocycles. The van der Waals surface area contributed by atoms with Gasteiger partial charge in [0.25, 0.3) is 0 Å². The van der Waals surface area contributed by atoms with Crippen LogP contribution in [0.3, 0.4) is 0 Å². The molecule has 2 aromatic rings. The van der Waals surface area contributed by atoms with Crippen LogP contribution in [-0.4, -0.2) is 48.3 Å². The van der Waals surface area contributed by atoms with Crippen LogP contribution in [0.25, 0.3) is 0 Å². The number of carbonyl (C=O) groups excluding carboxylic acids is 1. The molecule has 0 saturated carbocycles. The maximum Gasteiger partial charge on any atom is 0.154 e. The number of hydrogen-bond donors (Lipinski definition) is 0. The Kier molecular flexibility index (Phi) is 7.03. The molecule has 1 fully saturated rings. The molecule has 24 heavy (non-hydrogen) atoms. The normalized spacial score (nSPS) is 15.9. The molecule has 1 aromatic heterocycles. The molecule has 0 spiro atoms. The van der Waals surface area contributed by atoms with E-state index in [9.17, 15) is 4.79 Å². The van der Waals surface area contributed by atoms with Gasteiger partial charge in [0.2, 0.25) is 0 Å². The number of halogens is 1. The van der Waals surface area contributed by atoms with Gasteiger partial charge in [0, 0.05) is 32.7 Å². The van der Waals surface area contributed by atoms with Gasteiger partial charge in [0.05, 0.1) is 13.0 Å². The summed E-state index contributed by atoms with van der Waals surface area (Å²) in [5.74, 6) is 1.87. The number of rotatable bonds is 6. The van der Waals surface area contributed by atoms with E-state index in [4.69, 9.17) is 4.42 Å². The van der Waals surface area contributed by atoms with Crippen LogP contribution in [0.2, 0.25) is 0 Å². The monoisotopic (exact) mass is 348 g/mol. The summed E-state index contributed by atoms with van der Waals surface area (Å²) in [6.45, 7) is 7.36. The number of nitrogens with zero attached hydrogens (tertiary/aromatic N) is 2. The van der Waals surface area contributed by atoms with Gasteiger partial charge >= 0.3 is 0 Å². The van der Waals surface area contributed by atoms with E-state index in [-0.39, 0.29) is 18.2 Å². The summed E-state index contributed by atoms with van der Waals surface area (Å²) < 4.78 is 5.48. The molecule has 0 atom stereocenters. The third-order valence-corrected chi connectivity index (χ3v) is 4.28. The Balaban J connectivity index is 0.00000208. The van der Waals surface area contributed by atoms with Crippen molar-refractivity contribution in [3.05, 3.63) is 59.5 Å². The van der Waals surface area contributed by atoms with Gasteiger partial charge in [-0.3, -0.25) is 14.6 Å². The second kappa shape index (κ2) is 9.02. The fraction of sp³-hybridized carbons (Fsp3) is 0.421. The van der Waals surface area contributed by atoms with Crippen molar-refractivity contribution >= 4 is 18.2 Å². The van der Waals surface area contributed by atoms with Crippen LogP contribution in [0.4, 0.5) is 0 Å². The first-order valence-electron chi connectivity index (χ1n) is 8.25. The Bertz CT molecular complexity index is 634. The molecule has 2 heterocycles. The van der Waals surface area contributed by atoms with Gasteiger partial charge in [-0.25, -0.2) is 0 Å². The topological polar surface area (TPSA) is 36.7 Å². The Morgan fingerprint density at radius 3 is 2.29 bits per heavy atom. The van der Waals surface area contributed by atoms with Crippen molar-refractivity contribution < 1.29 is 9.21 Å². The Labute approximate surface area is 149 Å². The first-order valence-corrected chi connectivity index (χ1v) is 8.25. The van der Waals surface area contributed by atoms with E-state index in [1.165, 1.54) is 5.56 Å². The highest BCUT2D eigenvalue weighted by Gasteiger charge is 2.19. The number of benzene rings is 1. The van der Waals surface area contributed by atoms with E-state index in [0.29, 0.717) is 13.0 Å². The third-order valence-electron chi connectivity index (χ3n) is 4.28. The average molecular weight is 349 g/mol. The highest BCUT2D eigenvalue weighted by atomic mass is 35.5. The van der Waals surface area contributed by atoms with Crippen LogP contribution >= 0.6 is 12.4 Å². The molecular weight excluding hydrogens is 324 g/mol. The Morgan fingerprint density at radius 2 is 1.67 bits per heavy atom. The SMILES string of the molecule is Cc1ccc(CC(=O)CN2CCN(Cc3ccccc3)CC2)o1.Cl. The minimum atomic E-state index is 0. The number of furan rings is 1. The lowest BCUT2D eigenvalue weighted by atomic mass is 10.2. The van der Waals surface area contributed by atoms with Crippen molar-refractivity contribution in [2.24, 2.45) is 0 Å². The second-order valence-electron chi connectivity index (χ2n) is 6.27. The van der Waals surface area contributed by atoms with E-state index >= 15 is 0 Å². The molecule has 5 heteroatoms. The first kappa shape index (κ1) is 18.7. The van der Waals surface area contributed by atoms with Crippen molar-refractivity contribution in [1.29, 1.82) is 0 Å². The molecular formula is C19H25ClN2O2. The maximum absolute atomic E-state index is 12.1. The standard InChI is InChI=1S/C19H24N2O2.ClH/c1-16-7-8-19(23-16)13-18(22)15-21-11-9-20(10-12-21)14-17-5-3-2-4-6-17;/h2-8H,9-15H2,1H3;1H. The molecule has 4 nitrogen and oxygen atoms in total. The minimum Gasteiger partial charge on any atom is -0.466 e. The average Bonchev–Trinajstić information content (AvgIpc) is 2.95. The lowest BCUT2D eigenvalue weighted by molar-refractivity contribution is -0.120. The zero-order chi connectivity index (χ0) is 16.1. The third kappa shape index (κ3) is 5.48. The van der Waals surface area contributed by atoms with Crippen LogP contribution in [0.1, 0.15) is 17.1 Å². The molecule has 0 unspecified atom stereocenters. The van der Waals surface area contributed by atoms with Gasteiger partial charge in [-0.2, -0.15) is 0 Å². The molecule has 0 radical (unpaired) electrons. The van der Waals surface area contributed by atoms with Gasteiger partial charge in [0.15, 0.2) is 5.78 Å². The number of carbonyl (C=O) groups is 1. The maximum atomic E-state index is 12.1. The molecule has 0 aliphatic carbocycles. The van der Waals surface area contributed by atoms with E-state index in [2.05, 4.69) is 34.1 Å². The number of aryl methyl sites for hydroxylation is 1. The van der Waals surface area contributed by atoms with Crippen LogP contribution in [0, 0.1) is 6.92 Å². The van der Waals surface area contributed by atoms with E-state index in [1.807, 2.05) is 25.1 Å². The molecule has 0 bridgehead atoms. The van der Waals surface area contributed by atoms with Gasteiger partial charge < -0.3 is 4.42 Å². The second-order valence-corrected chi connectivity index (χ2v) is 6.27. The lowest BCUT2D eigenvalue weighted by Gasteiger charge is -2.34. The molecule has 3 rings (SSSR count). The van der Waals surface area contributed by atoms with Crippen LogP contribution in [-0.2, 0) is 17.8 Å². The number of ketones is 1. The number of piperazine rings is 1. The van der Waals surface area contributed by atoms with Gasteiger partial charge in [-0.15, -0.1) is 12.4 Å². The molecule has 1 aliphatic rings. The first-order chi connectivity index (χ1) is 11.2. The Hall–Kier alpha value is -1.62. The van der Waals surface area contributed by atoms with Crippen molar-refractivity contribution in [3.63, 3.8) is 0 Å². The predicted octanol–water partition coefficient (Wildman–Crippen LogP) is 2.94. The summed E-state index contributed by atoms with van der Waals surface area (Å²) in [7, 11) is 0. The van der Waals surface area contributed by atoms with Crippen LogP contribution < -0.4 is 0 Å². The van der Waals surface area contributed by atoms with Crippen LogP contribution in [0.15, 0.2) is 46.9 Å². The summed E-state index contributed by atoms with van der Waals surface area (Å²) in [4.78, 5) is 16.8. The fourth-order valence-electron chi connectivity index (χ4n) is 3.03. The van der Waals surface area contributed by atoms with Crippen molar-refractivity contribution in [2.75, 3.05) is 32.7 Å². The summed E-state index contributed by atoms with van der Waals surface area (Å²) >= 11 is 0. The van der Waals surface area contributed by atoms with Gasteiger partial charge in [-0.1, -0.05) is 30.3 Å². The summed E-state index contributed by atoms with van der Waals surface area (Å²) in [6, 6.07) is 14.4. The van der Waals surface area contributed by atoms with Crippen molar-refractivity contribution in [1.82, 2.24) is 9.80 Å². The zero-order valence-corrected chi connectivity index (χ0v) is 14.9. The summed E-state index contributed by atoms with van der Waals surface area (Å²) in [6.07, 6.45) is 0.401. The predicted molar refractivity (Wildman–Crippen MR) is 97.6 cm³/mol. The van der Waals surface area contributed by atoms with Gasteiger partial charge in [0.1, 0.15) is 11.5 Å². The van der Waals surface area contributed by atoms with E-state index in [1.54, 1.807) is 0 Å².